The zero-order valence-corrected chi connectivity index (χ0v) is 12.6. The van der Waals surface area contributed by atoms with Gasteiger partial charge < -0.3 is 14.7 Å². The summed E-state index contributed by atoms with van der Waals surface area (Å²) in [6, 6.07) is 0.575. The summed E-state index contributed by atoms with van der Waals surface area (Å²) in [4.78, 5) is 2.29. The smallest absolute Gasteiger partial charge is 0.138 e. The van der Waals surface area contributed by atoms with Crippen molar-refractivity contribution >= 4 is 0 Å². The lowest BCUT2D eigenvalue weighted by atomic mass is 10.0. The molecule has 4 nitrogen and oxygen atoms in total. The van der Waals surface area contributed by atoms with Gasteiger partial charge in [0.05, 0.1) is 5.69 Å². The summed E-state index contributed by atoms with van der Waals surface area (Å²) in [6.45, 7) is 10.3. The van der Waals surface area contributed by atoms with Crippen molar-refractivity contribution in [1.82, 2.24) is 15.4 Å². The fourth-order valence-electron chi connectivity index (χ4n) is 2.14. The monoisotopic (exact) mass is 253 g/mol. The SMILES string of the molecule is Cc1noc(C)c1CNCC(CC(C)C)N(C)C. The van der Waals surface area contributed by atoms with Crippen LogP contribution in [0.15, 0.2) is 4.52 Å². The zero-order chi connectivity index (χ0) is 13.7. The van der Waals surface area contributed by atoms with Gasteiger partial charge in [0.2, 0.25) is 0 Å². The second kappa shape index (κ2) is 6.90. The van der Waals surface area contributed by atoms with Gasteiger partial charge in [-0.15, -0.1) is 0 Å². The standard InChI is InChI=1S/C14H27N3O/c1-10(2)7-13(17(5)6)8-15-9-14-11(3)16-18-12(14)4/h10,13,15H,7-9H2,1-6H3. The van der Waals surface area contributed by atoms with E-state index in [-0.39, 0.29) is 0 Å². The van der Waals surface area contributed by atoms with Crippen LogP contribution in [0.1, 0.15) is 37.3 Å². The molecule has 0 saturated carbocycles. The summed E-state index contributed by atoms with van der Waals surface area (Å²) >= 11 is 0. The van der Waals surface area contributed by atoms with Gasteiger partial charge in [0.15, 0.2) is 0 Å². The highest BCUT2D eigenvalue weighted by Gasteiger charge is 2.14. The van der Waals surface area contributed by atoms with E-state index in [9.17, 15) is 0 Å². The molecule has 0 fully saturated rings. The lowest BCUT2D eigenvalue weighted by Crippen LogP contribution is -2.38. The Kier molecular flexibility index (Phi) is 5.82. The lowest BCUT2D eigenvalue weighted by Gasteiger charge is -2.26. The number of nitrogens with zero attached hydrogens (tertiary/aromatic N) is 2. The predicted molar refractivity (Wildman–Crippen MR) is 74.6 cm³/mol. The van der Waals surface area contributed by atoms with Gasteiger partial charge in [0.25, 0.3) is 0 Å². The Bertz CT molecular complexity index is 338. The first-order valence-corrected chi connectivity index (χ1v) is 6.70. The third kappa shape index (κ3) is 4.42. The molecule has 1 atom stereocenters. The van der Waals surface area contributed by atoms with Gasteiger partial charge in [-0.05, 0) is 40.3 Å². The van der Waals surface area contributed by atoms with E-state index in [0.29, 0.717) is 6.04 Å². The van der Waals surface area contributed by atoms with E-state index in [4.69, 9.17) is 4.52 Å². The Morgan fingerprint density at radius 3 is 2.39 bits per heavy atom. The number of aryl methyl sites for hydroxylation is 2. The predicted octanol–water partition coefficient (Wildman–Crippen LogP) is 2.36. The highest BCUT2D eigenvalue weighted by Crippen LogP contribution is 2.12. The molecule has 0 saturated heterocycles. The van der Waals surface area contributed by atoms with Crippen molar-refractivity contribution < 1.29 is 4.52 Å². The van der Waals surface area contributed by atoms with Crippen LogP contribution in [0.5, 0.6) is 0 Å². The fraction of sp³-hybridized carbons (Fsp3) is 0.786. The van der Waals surface area contributed by atoms with E-state index in [1.807, 2.05) is 13.8 Å². The maximum atomic E-state index is 5.16. The summed E-state index contributed by atoms with van der Waals surface area (Å²) < 4.78 is 5.16. The number of rotatable bonds is 7. The minimum atomic E-state index is 0.575. The van der Waals surface area contributed by atoms with Crippen LogP contribution in [-0.4, -0.2) is 36.7 Å². The van der Waals surface area contributed by atoms with Crippen LogP contribution in [0, 0.1) is 19.8 Å². The Morgan fingerprint density at radius 2 is 1.94 bits per heavy atom. The van der Waals surface area contributed by atoms with Gasteiger partial charge in [0.1, 0.15) is 5.76 Å². The van der Waals surface area contributed by atoms with Crippen molar-refractivity contribution in [3.8, 4) is 0 Å². The van der Waals surface area contributed by atoms with Crippen molar-refractivity contribution in [2.75, 3.05) is 20.6 Å². The van der Waals surface area contributed by atoms with Crippen LogP contribution in [0.3, 0.4) is 0 Å². The molecule has 104 valence electrons. The third-order valence-corrected chi connectivity index (χ3v) is 3.34. The average molecular weight is 253 g/mol. The number of hydrogen-bond donors (Lipinski definition) is 1. The number of hydrogen-bond acceptors (Lipinski definition) is 4. The van der Waals surface area contributed by atoms with E-state index in [2.05, 4.69) is 43.3 Å². The summed E-state index contributed by atoms with van der Waals surface area (Å²) in [5.74, 6) is 1.64. The largest absolute Gasteiger partial charge is 0.361 e. The molecule has 0 radical (unpaired) electrons. The molecule has 0 amide bonds. The molecule has 0 aliphatic rings. The van der Waals surface area contributed by atoms with E-state index >= 15 is 0 Å². The molecular formula is C14H27N3O. The minimum absolute atomic E-state index is 0.575. The fourth-order valence-corrected chi connectivity index (χ4v) is 2.14. The maximum absolute atomic E-state index is 5.16. The quantitative estimate of drug-likeness (QED) is 0.810. The lowest BCUT2D eigenvalue weighted by molar-refractivity contribution is 0.246. The van der Waals surface area contributed by atoms with Gasteiger partial charge in [-0.1, -0.05) is 19.0 Å². The van der Waals surface area contributed by atoms with Crippen LogP contribution >= 0.6 is 0 Å². The molecule has 0 bridgehead atoms. The Hall–Kier alpha value is -0.870. The molecule has 1 rings (SSSR count). The molecule has 1 aromatic rings. The normalized spacial score (nSPS) is 13.6. The average Bonchev–Trinajstić information content (AvgIpc) is 2.58. The first-order valence-electron chi connectivity index (χ1n) is 6.70. The van der Waals surface area contributed by atoms with Gasteiger partial charge >= 0.3 is 0 Å². The van der Waals surface area contributed by atoms with Crippen LogP contribution in [-0.2, 0) is 6.54 Å². The molecule has 1 aromatic heterocycles. The summed E-state index contributed by atoms with van der Waals surface area (Å²) in [5, 5.41) is 7.49. The Morgan fingerprint density at radius 1 is 1.28 bits per heavy atom. The van der Waals surface area contributed by atoms with Gasteiger partial charge in [-0.2, -0.15) is 0 Å². The zero-order valence-electron chi connectivity index (χ0n) is 12.6. The summed E-state index contributed by atoms with van der Waals surface area (Å²) in [6.07, 6.45) is 1.21. The van der Waals surface area contributed by atoms with Gasteiger partial charge in [-0.25, -0.2) is 0 Å². The molecule has 0 aliphatic carbocycles. The Balaban J connectivity index is 2.44. The van der Waals surface area contributed by atoms with Crippen LogP contribution in [0.2, 0.25) is 0 Å². The second-order valence-corrected chi connectivity index (χ2v) is 5.68. The number of aromatic nitrogens is 1. The van der Waals surface area contributed by atoms with Crippen molar-refractivity contribution in [3.63, 3.8) is 0 Å². The first kappa shape index (κ1) is 15.2. The molecule has 4 heteroatoms. The molecule has 1 heterocycles. The van der Waals surface area contributed by atoms with E-state index < -0.39 is 0 Å². The number of nitrogens with one attached hydrogen (secondary N) is 1. The maximum Gasteiger partial charge on any atom is 0.138 e. The summed E-state index contributed by atoms with van der Waals surface area (Å²) in [5.41, 5.74) is 2.18. The molecular weight excluding hydrogens is 226 g/mol. The Labute approximate surface area is 111 Å². The van der Waals surface area contributed by atoms with Crippen LogP contribution < -0.4 is 5.32 Å². The molecule has 0 spiro atoms. The molecule has 0 aromatic carbocycles. The topological polar surface area (TPSA) is 41.3 Å². The molecule has 1 unspecified atom stereocenters. The van der Waals surface area contributed by atoms with E-state index in [1.54, 1.807) is 0 Å². The summed E-state index contributed by atoms with van der Waals surface area (Å²) in [7, 11) is 4.29. The van der Waals surface area contributed by atoms with Gasteiger partial charge in [0, 0.05) is 24.7 Å². The highest BCUT2D eigenvalue weighted by atomic mass is 16.5. The minimum Gasteiger partial charge on any atom is -0.361 e. The van der Waals surface area contributed by atoms with Crippen molar-refractivity contribution in [1.29, 1.82) is 0 Å². The van der Waals surface area contributed by atoms with E-state index in [0.717, 1.165) is 30.5 Å². The van der Waals surface area contributed by atoms with E-state index in [1.165, 1.54) is 12.0 Å². The van der Waals surface area contributed by atoms with Crippen molar-refractivity contribution in [3.05, 3.63) is 17.0 Å². The molecule has 18 heavy (non-hydrogen) atoms. The molecule has 1 N–H and O–H groups in total. The third-order valence-electron chi connectivity index (χ3n) is 3.34. The molecule has 0 aliphatic heterocycles. The highest BCUT2D eigenvalue weighted by molar-refractivity contribution is 5.20. The van der Waals surface area contributed by atoms with Crippen molar-refractivity contribution in [2.45, 2.75) is 46.7 Å². The van der Waals surface area contributed by atoms with Crippen LogP contribution in [0.25, 0.3) is 0 Å². The van der Waals surface area contributed by atoms with Crippen LogP contribution in [0.4, 0.5) is 0 Å². The number of likely N-dealkylation sites (N-methyl/N-ethyl adjacent to an activating group) is 1. The van der Waals surface area contributed by atoms with Gasteiger partial charge in [-0.3, -0.25) is 0 Å². The first-order chi connectivity index (χ1) is 8.41. The second-order valence-electron chi connectivity index (χ2n) is 5.68. The van der Waals surface area contributed by atoms with Crippen molar-refractivity contribution in [2.24, 2.45) is 5.92 Å².